The molecule has 0 spiro atoms. The summed E-state index contributed by atoms with van der Waals surface area (Å²) in [5.41, 5.74) is 1.58. The van der Waals surface area contributed by atoms with Gasteiger partial charge in [-0.05, 0) is 49.2 Å². The number of benzene rings is 2. The Labute approximate surface area is 177 Å². The third-order valence-electron chi connectivity index (χ3n) is 5.52. The van der Waals surface area contributed by atoms with Crippen LogP contribution in [0.2, 0.25) is 0 Å². The van der Waals surface area contributed by atoms with Gasteiger partial charge in [-0.2, -0.15) is 0 Å². The number of anilines is 1. The van der Waals surface area contributed by atoms with Crippen LogP contribution < -0.4 is 10.1 Å². The van der Waals surface area contributed by atoms with Crippen molar-refractivity contribution >= 4 is 39.3 Å². The number of carbonyl (C=O) groups excluding carboxylic acids is 3. The van der Waals surface area contributed by atoms with Crippen LogP contribution in [0.15, 0.2) is 40.9 Å². The minimum absolute atomic E-state index is 0.0277. The predicted molar refractivity (Wildman–Crippen MR) is 112 cm³/mol. The van der Waals surface area contributed by atoms with Crippen molar-refractivity contribution in [3.63, 3.8) is 0 Å². The smallest absolute Gasteiger partial charge is 0.261 e. The average Bonchev–Trinajstić information content (AvgIpc) is 2.98. The quantitative estimate of drug-likeness (QED) is 0.679. The Morgan fingerprint density at radius 3 is 2.48 bits per heavy atom. The predicted octanol–water partition coefficient (Wildman–Crippen LogP) is 4.64. The maximum absolute atomic E-state index is 12.9. The van der Waals surface area contributed by atoms with E-state index in [9.17, 15) is 14.4 Å². The third-order valence-corrected chi connectivity index (χ3v) is 6.02. The molecular formula is C22H21BrN2O4. The lowest BCUT2D eigenvalue weighted by Crippen LogP contribution is -2.40. The van der Waals surface area contributed by atoms with Gasteiger partial charge in [-0.3, -0.25) is 19.3 Å². The second kappa shape index (κ2) is 7.99. The first kappa shape index (κ1) is 19.6. The van der Waals surface area contributed by atoms with Crippen molar-refractivity contribution in [2.24, 2.45) is 0 Å². The van der Waals surface area contributed by atoms with Gasteiger partial charge in [0.1, 0.15) is 5.75 Å². The number of methoxy groups -OCH3 is 1. The summed E-state index contributed by atoms with van der Waals surface area (Å²) >= 11 is 3.36. The molecule has 0 unspecified atom stereocenters. The number of hydrogen-bond donors (Lipinski definition) is 1. The zero-order chi connectivity index (χ0) is 20.5. The SMILES string of the molecule is COc1ccc(Br)cc1C(=O)Nc1ccc2c(c1)C(=O)N(C1CCCCC1)C2=O. The Bertz CT molecular complexity index is 998. The molecule has 6 nitrogen and oxygen atoms in total. The second-order valence-electron chi connectivity index (χ2n) is 7.33. The number of hydrogen-bond acceptors (Lipinski definition) is 4. The Balaban J connectivity index is 1.58. The second-order valence-corrected chi connectivity index (χ2v) is 8.25. The van der Waals surface area contributed by atoms with Crippen LogP contribution in [-0.4, -0.2) is 35.8 Å². The van der Waals surface area contributed by atoms with Gasteiger partial charge in [0.15, 0.2) is 0 Å². The van der Waals surface area contributed by atoms with E-state index in [0.717, 1.165) is 36.6 Å². The number of halogens is 1. The molecule has 0 aromatic heterocycles. The van der Waals surface area contributed by atoms with Crippen LogP contribution >= 0.6 is 15.9 Å². The standard InChI is InChI=1S/C22H21BrN2O4/c1-29-19-10-7-13(23)11-18(19)20(26)24-14-8-9-16-17(12-14)22(28)25(21(16)27)15-5-3-2-4-6-15/h7-12,15H,2-6H2,1H3,(H,24,26). The summed E-state index contributed by atoms with van der Waals surface area (Å²) in [6.45, 7) is 0. The van der Waals surface area contributed by atoms with Crippen molar-refractivity contribution in [3.05, 3.63) is 57.6 Å². The minimum Gasteiger partial charge on any atom is -0.496 e. The van der Waals surface area contributed by atoms with Gasteiger partial charge < -0.3 is 10.1 Å². The highest BCUT2D eigenvalue weighted by Gasteiger charge is 2.40. The van der Waals surface area contributed by atoms with Crippen LogP contribution in [-0.2, 0) is 0 Å². The summed E-state index contributed by atoms with van der Waals surface area (Å²) in [5, 5.41) is 2.80. The number of nitrogens with zero attached hydrogens (tertiary/aromatic N) is 1. The van der Waals surface area contributed by atoms with E-state index >= 15 is 0 Å². The molecule has 1 saturated carbocycles. The van der Waals surface area contributed by atoms with Crippen LogP contribution in [0.4, 0.5) is 5.69 Å². The molecule has 3 amide bonds. The lowest BCUT2D eigenvalue weighted by atomic mass is 9.94. The van der Waals surface area contributed by atoms with Gasteiger partial charge >= 0.3 is 0 Å². The number of imide groups is 1. The zero-order valence-electron chi connectivity index (χ0n) is 16.0. The van der Waals surface area contributed by atoms with Gasteiger partial charge in [-0.15, -0.1) is 0 Å². The van der Waals surface area contributed by atoms with Crippen LogP contribution in [0.1, 0.15) is 63.2 Å². The summed E-state index contributed by atoms with van der Waals surface area (Å²) < 4.78 is 6.01. The summed E-state index contributed by atoms with van der Waals surface area (Å²) in [6.07, 6.45) is 4.94. The van der Waals surface area contributed by atoms with Crippen molar-refractivity contribution in [2.45, 2.75) is 38.1 Å². The van der Waals surface area contributed by atoms with Gasteiger partial charge in [0.25, 0.3) is 17.7 Å². The topological polar surface area (TPSA) is 75.7 Å². The highest BCUT2D eigenvalue weighted by molar-refractivity contribution is 9.10. The number of fused-ring (bicyclic) bond motifs is 1. The molecule has 0 radical (unpaired) electrons. The molecular weight excluding hydrogens is 436 g/mol. The van der Waals surface area contributed by atoms with Gasteiger partial charge in [0, 0.05) is 16.2 Å². The van der Waals surface area contributed by atoms with Crippen molar-refractivity contribution in [1.82, 2.24) is 4.90 Å². The van der Waals surface area contributed by atoms with Crippen molar-refractivity contribution < 1.29 is 19.1 Å². The maximum Gasteiger partial charge on any atom is 0.261 e. The first-order valence-electron chi connectivity index (χ1n) is 9.66. The maximum atomic E-state index is 12.9. The number of carbonyl (C=O) groups is 3. The van der Waals surface area contributed by atoms with Crippen LogP contribution in [0.5, 0.6) is 5.75 Å². The van der Waals surface area contributed by atoms with Gasteiger partial charge in [0.2, 0.25) is 0 Å². The van der Waals surface area contributed by atoms with Crippen LogP contribution in [0.3, 0.4) is 0 Å². The molecule has 29 heavy (non-hydrogen) atoms. The molecule has 2 aliphatic rings. The molecule has 0 bridgehead atoms. The monoisotopic (exact) mass is 456 g/mol. The molecule has 0 saturated heterocycles. The number of amides is 3. The van der Waals surface area contributed by atoms with E-state index in [1.54, 1.807) is 36.4 Å². The Morgan fingerprint density at radius 1 is 1.03 bits per heavy atom. The Hall–Kier alpha value is -2.67. The lowest BCUT2D eigenvalue weighted by Gasteiger charge is -2.29. The fraction of sp³-hybridized carbons (Fsp3) is 0.318. The first-order valence-corrected chi connectivity index (χ1v) is 10.5. The molecule has 4 rings (SSSR count). The summed E-state index contributed by atoms with van der Waals surface area (Å²) in [4.78, 5) is 39.8. The van der Waals surface area contributed by atoms with E-state index in [-0.39, 0.29) is 23.8 Å². The van der Waals surface area contributed by atoms with Gasteiger partial charge in [0.05, 0.1) is 23.8 Å². The van der Waals surface area contributed by atoms with Crippen molar-refractivity contribution in [2.75, 3.05) is 12.4 Å². The molecule has 1 N–H and O–H groups in total. The molecule has 7 heteroatoms. The summed E-state index contributed by atoms with van der Waals surface area (Å²) in [5.74, 6) is -0.415. The third kappa shape index (κ3) is 3.67. The largest absolute Gasteiger partial charge is 0.496 e. The Morgan fingerprint density at radius 2 is 1.76 bits per heavy atom. The number of nitrogens with one attached hydrogen (secondary N) is 1. The van der Waals surface area contributed by atoms with Crippen molar-refractivity contribution in [3.8, 4) is 5.75 Å². The lowest BCUT2D eigenvalue weighted by molar-refractivity contribution is 0.0548. The molecule has 2 aromatic carbocycles. The molecule has 1 aliphatic heterocycles. The summed E-state index contributed by atoms with van der Waals surface area (Å²) in [6, 6.07) is 9.98. The number of rotatable bonds is 4. The van der Waals surface area contributed by atoms with Crippen LogP contribution in [0.25, 0.3) is 0 Å². The minimum atomic E-state index is -0.357. The molecule has 0 atom stereocenters. The highest BCUT2D eigenvalue weighted by Crippen LogP contribution is 2.32. The van der Waals surface area contributed by atoms with E-state index < -0.39 is 0 Å². The zero-order valence-corrected chi connectivity index (χ0v) is 17.6. The molecule has 1 heterocycles. The van der Waals surface area contributed by atoms with E-state index in [2.05, 4.69) is 21.2 Å². The first-order chi connectivity index (χ1) is 14.0. The van der Waals surface area contributed by atoms with E-state index in [1.807, 2.05) is 0 Å². The summed E-state index contributed by atoms with van der Waals surface area (Å²) in [7, 11) is 1.50. The van der Waals surface area contributed by atoms with E-state index in [1.165, 1.54) is 12.0 Å². The van der Waals surface area contributed by atoms with Gasteiger partial charge in [-0.25, -0.2) is 0 Å². The molecule has 2 aromatic rings. The fourth-order valence-electron chi connectivity index (χ4n) is 4.06. The van der Waals surface area contributed by atoms with E-state index in [4.69, 9.17) is 4.74 Å². The van der Waals surface area contributed by atoms with Crippen LogP contribution in [0, 0.1) is 0 Å². The van der Waals surface area contributed by atoms with E-state index in [0.29, 0.717) is 28.1 Å². The normalized spacial score (nSPS) is 16.7. The molecule has 150 valence electrons. The number of ether oxygens (including phenoxy) is 1. The molecule has 1 aliphatic carbocycles. The highest BCUT2D eigenvalue weighted by atomic mass is 79.9. The van der Waals surface area contributed by atoms with Gasteiger partial charge in [-0.1, -0.05) is 35.2 Å². The fourth-order valence-corrected chi connectivity index (χ4v) is 4.43. The molecule has 1 fully saturated rings. The van der Waals surface area contributed by atoms with Crippen molar-refractivity contribution in [1.29, 1.82) is 0 Å². The average molecular weight is 457 g/mol. The Kier molecular flexibility index (Phi) is 5.41.